The van der Waals surface area contributed by atoms with Gasteiger partial charge in [0.05, 0.1) is 24.4 Å². The number of hydrogen-bond acceptors (Lipinski definition) is 6. The third kappa shape index (κ3) is 4.07. The molecule has 7 heteroatoms. The monoisotopic (exact) mass is 471 g/mol. The molecule has 3 aromatic carbocycles. The fraction of sp³-hybridized carbons (Fsp3) is 0.222. The number of ether oxygens (including phenoxy) is 1. The van der Waals surface area contributed by atoms with E-state index in [0.29, 0.717) is 22.5 Å². The lowest BCUT2D eigenvalue weighted by Crippen LogP contribution is -2.42. The topological polar surface area (TPSA) is 71.0 Å². The van der Waals surface area contributed by atoms with E-state index in [4.69, 9.17) is 4.74 Å². The number of carbonyl (C=O) groups excluding carboxylic acids is 2. The molecule has 1 atom stereocenters. The van der Waals surface area contributed by atoms with Crippen molar-refractivity contribution in [2.75, 3.05) is 24.7 Å². The molecule has 0 bridgehead atoms. The SMILES string of the molecule is COC(=O)C1=C(C)N=C2SCCCN2C1c1ccc(NC(=O)c2cccc3ccccc23)cc1. The molecule has 0 aromatic heterocycles. The quantitative estimate of drug-likeness (QED) is 0.517. The minimum absolute atomic E-state index is 0.157. The number of allylic oxidation sites excluding steroid dienone is 1. The lowest BCUT2D eigenvalue weighted by Gasteiger charge is -2.40. The Balaban J connectivity index is 1.43. The molecule has 1 fully saturated rings. The molecule has 34 heavy (non-hydrogen) atoms. The largest absolute Gasteiger partial charge is 0.466 e. The number of fused-ring (bicyclic) bond motifs is 2. The van der Waals surface area contributed by atoms with Crippen LogP contribution in [0, 0.1) is 0 Å². The number of amidine groups is 1. The van der Waals surface area contributed by atoms with Crippen LogP contribution in [0.5, 0.6) is 0 Å². The number of benzene rings is 3. The number of esters is 1. The molecule has 2 heterocycles. The lowest BCUT2D eigenvalue weighted by molar-refractivity contribution is -0.136. The first-order chi connectivity index (χ1) is 16.6. The standard InChI is InChI=1S/C27H25N3O3S/c1-17-23(26(32)33-2)24(30-15-6-16-34-27(30)28-17)19-11-13-20(14-12-19)29-25(31)22-10-5-8-18-7-3-4-9-21(18)22/h3-5,7-14,24H,6,15-16H2,1-2H3,(H,29,31). The van der Waals surface area contributed by atoms with E-state index >= 15 is 0 Å². The number of hydrogen-bond donors (Lipinski definition) is 1. The summed E-state index contributed by atoms with van der Waals surface area (Å²) >= 11 is 1.71. The highest BCUT2D eigenvalue weighted by atomic mass is 32.2. The van der Waals surface area contributed by atoms with Gasteiger partial charge < -0.3 is 15.0 Å². The van der Waals surface area contributed by atoms with Gasteiger partial charge in [-0.25, -0.2) is 9.79 Å². The van der Waals surface area contributed by atoms with E-state index in [9.17, 15) is 9.59 Å². The molecule has 2 aliphatic rings. The van der Waals surface area contributed by atoms with Crippen LogP contribution in [0.25, 0.3) is 10.8 Å². The third-order valence-corrected chi connectivity index (χ3v) is 7.26. The number of nitrogens with zero attached hydrogens (tertiary/aromatic N) is 2. The van der Waals surface area contributed by atoms with E-state index in [1.165, 1.54) is 7.11 Å². The van der Waals surface area contributed by atoms with Crippen LogP contribution in [-0.4, -0.2) is 41.4 Å². The molecule has 0 radical (unpaired) electrons. The zero-order chi connectivity index (χ0) is 23.7. The predicted octanol–water partition coefficient (Wildman–Crippen LogP) is 5.39. The summed E-state index contributed by atoms with van der Waals surface area (Å²) in [6.45, 7) is 2.68. The predicted molar refractivity (Wildman–Crippen MR) is 137 cm³/mol. The first kappa shape index (κ1) is 22.2. The van der Waals surface area contributed by atoms with E-state index < -0.39 is 0 Å². The van der Waals surface area contributed by atoms with Gasteiger partial charge in [-0.05, 0) is 47.9 Å². The van der Waals surface area contributed by atoms with Crippen molar-refractivity contribution in [2.24, 2.45) is 4.99 Å². The normalized spacial score (nSPS) is 17.8. The number of anilines is 1. The summed E-state index contributed by atoms with van der Waals surface area (Å²) in [7, 11) is 1.40. The van der Waals surface area contributed by atoms with Gasteiger partial charge in [0, 0.05) is 23.5 Å². The lowest BCUT2D eigenvalue weighted by atomic mass is 9.94. The second kappa shape index (κ2) is 9.35. The van der Waals surface area contributed by atoms with Crippen LogP contribution < -0.4 is 5.32 Å². The van der Waals surface area contributed by atoms with Crippen molar-refractivity contribution in [2.45, 2.75) is 19.4 Å². The summed E-state index contributed by atoms with van der Waals surface area (Å²) < 4.78 is 5.10. The Kier molecular flexibility index (Phi) is 6.11. The highest BCUT2D eigenvalue weighted by Gasteiger charge is 2.37. The van der Waals surface area contributed by atoms with E-state index in [1.807, 2.05) is 73.7 Å². The zero-order valence-electron chi connectivity index (χ0n) is 19.1. The number of rotatable bonds is 4. The van der Waals surface area contributed by atoms with E-state index in [-0.39, 0.29) is 17.9 Å². The molecule has 5 rings (SSSR count). The summed E-state index contributed by atoms with van der Waals surface area (Å²) in [6.07, 6.45) is 1.02. The van der Waals surface area contributed by atoms with Crippen molar-refractivity contribution in [3.8, 4) is 0 Å². The first-order valence-corrected chi connectivity index (χ1v) is 12.2. The van der Waals surface area contributed by atoms with Crippen LogP contribution >= 0.6 is 11.8 Å². The van der Waals surface area contributed by atoms with Gasteiger partial charge in [-0.1, -0.05) is 60.3 Å². The number of aliphatic imine (C=N–C) groups is 1. The molecular weight excluding hydrogens is 446 g/mol. The van der Waals surface area contributed by atoms with E-state index in [2.05, 4.69) is 15.2 Å². The van der Waals surface area contributed by atoms with Crippen LogP contribution in [0.2, 0.25) is 0 Å². The van der Waals surface area contributed by atoms with Crippen LogP contribution in [0.3, 0.4) is 0 Å². The summed E-state index contributed by atoms with van der Waals surface area (Å²) in [5.41, 5.74) is 3.52. The average molecular weight is 472 g/mol. The molecule has 1 amide bonds. The van der Waals surface area contributed by atoms with E-state index in [0.717, 1.165) is 40.2 Å². The minimum atomic E-state index is -0.366. The van der Waals surface area contributed by atoms with Crippen LogP contribution in [0.1, 0.15) is 35.3 Å². The Morgan fingerprint density at radius 1 is 1.06 bits per heavy atom. The second-order valence-corrected chi connectivity index (χ2v) is 9.35. The van der Waals surface area contributed by atoms with Gasteiger partial charge in [-0.3, -0.25) is 4.79 Å². The van der Waals surface area contributed by atoms with Crippen LogP contribution in [-0.2, 0) is 9.53 Å². The summed E-state index contributed by atoms with van der Waals surface area (Å²) in [4.78, 5) is 32.5. The van der Waals surface area contributed by atoms with Crippen molar-refractivity contribution in [3.63, 3.8) is 0 Å². The van der Waals surface area contributed by atoms with Crippen LogP contribution in [0.4, 0.5) is 5.69 Å². The number of nitrogens with one attached hydrogen (secondary N) is 1. The molecular formula is C27H25N3O3S. The minimum Gasteiger partial charge on any atom is -0.466 e. The molecule has 6 nitrogen and oxygen atoms in total. The van der Waals surface area contributed by atoms with Crippen molar-refractivity contribution in [1.82, 2.24) is 4.90 Å². The molecule has 1 unspecified atom stereocenters. The average Bonchev–Trinajstić information content (AvgIpc) is 2.87. The van der Waals surface area contributed by atoms with Gasteiger partial charge in [-0.15, -0.1) is 0 Å². The maximum absolute atomic E-state index is 13.0. The number of amides is 1. The molecule has 1 saturated heterocycles. The first-order valence-electron chi connectivity index (χ1n) is 11.2. The van der Waals surface area contributed by atoms with Crippen LogP contribution in [0.15, 0.2) is 83.0 Å². The van der Waals surface area contributed by atoms with Gasteiger partial charge in [0.15, 0.2) is 5.17 Å². The number of methoxy groups -OCH3 is 1. The number of thioether (sulfide) groups is 1. The fourth-order valence-electron chi connectivity index (χ4n) is 4.56. The van der Waals surface area contributed by atoms with E-state index in [1.54, 1.807) is 11.8 Å². The molecule has 0 aliphatic carbocycles. The third-order valence-electron chi connectivity index (χ3n) is 6.18. The summed E-state index contributed by atoms with van der Waals surface area (Å²) in [6, 6.07) is 21.0. The Bertz CT molecular complexity index is 1330. The number of carbonyl (C=O) groups is 2. The Labute approximate surface area is 202 Å². The Morgan fingerprint density at radius 2 is 1.82 bits per heavy atom. The highest BCUT2D eigenvalue weighted by molar-refractivity contribution is 8.13. The highest BCUT2D eigenvalue weighted by Crippen LogP contribution is 2.40. The zero-order valence-corrected chi connectivity index (χ0v) is 19.9. The van der Waals surface area contributed by atoms with Gasteiger partial charge in [0.2, 0.25) is 0 Å². The van der Waals surface area contributed by atoms with Gasteiger partial charge in [0.25, 0.3) is 5.91 Å². The van der Waals surface area contributed by atoms with Crippen molar-refractivity contribution in [1.29, 1.82) is 0 Å². The fourth-order valence-corrected chi connectivity index (χ4v) is 5.58. The second-order valence-electron chi connectivity index (χ2n) is 8.29. The molecule has 172 valence electrons. The van der Waals surface area contributed by atoms with Crippen molar-refractivity contribution >= 4 is 45.3 Å². The maximum Gasteiger partial charge on any atom is 0.338 e. The summed E-state index contributed by atoms with van der Waals surface area (Å²) in [5.74, 6) is 0.492. The molecule has 3 aromatic rings. The molecule has 2 aliphatic heterocycles. The van der Waals surface area contributed by atoms with Crippen molar-refractivity contribution < 1.29 is 14.3 Å². The van der Waals surface area contributed by atoms with Gasteiger partial charge in [0.1, 0.15) is 0 Å². The molecule has 0 saturated carbocycles. The smallest absolute Gasteiger partial charge is 0.338 e. The molecule has 0 spiro atoms. The van der Waals surface area contributed by atoms with Crippen molar-refractivity contribution in [3.05, 3.63) is 89.1 Å². The van der Waals surface area contributed by atoms with Gasteiger partial charge in [-0.2, -0.15) is 0 Å². The van der Waals surface area contributed by atoms with Gasteiger partial charge >= 0.3 is 5.97 Å². The Hall–Kier alpha value is -3.58. The Morgan fingerprint density at radius 3 is 2.62 bits per heavy atom. The summed E-state index contributed by atoms with van der Waals surface area (Å²) in [5, 5.41) is 5.89. The maximum atomic E-state index is 13.0. The molecule has 1 N–H and O–H groups in total.